The lowest BCUT2D eigenvalue weighted by Gasteiger charge is -2.13. The number of hydrogen-bond donors (Lipinski definition) is 1. The number of nitrogens with one attached hydrogen (secondary N) is 1. The molecule has 0 unspecified atom stereocenters. The molecule has 4 rings (SSSR count). The molecule has 0 spiro atoms. The number of carbonyl (C=O) groups excluding carboxylic acids is 1. The second-order valence-electron chi connectivity index (χ2n) is 6.18. The van der Waals surface area contributed by atoms with E-state index in [1.54, 1.807) is 0 Å². The Balaban J connectivity index is 1.96. The molecule has 0 radical (unpaired) electrons. The fourth-order valence-corrected chi connectivity index (χ4v) is 3.14. The first-order valence-corrected chi connectivity index (χ1v) is 8.41. The summed E-state index contributed by atoms with van der Waals surface area (Å²) in [6, 6.07) is 20.4. The zero-order valence-electron chi connectivity index (χ0n) is 14.6. The predicted molar refractivity (Wildman–Crippen MR) is 103 cm³/mol. The van der Waals surface area contributed by atoms with Crippen molar-refractivity contribution in [3.63, 3.8) is 0 Å². The minimum atomic E-state index is -0.138. The number of amides is 1. The van der Waals surface area contributed by atoms with Gasteiger partial charge in [0.15, 0.2) is 5.65 Å². The largest absolute Gasteiger partial charge is 0.323 e. The van der Waals surface area contributed by atoms with Gasteiger partial charge in [-0.15, -0.1) is 10.2 Å². The van der Waals surface area contributed by atoms with Crippen LogP contribution < -0.4 is 5.32 Å². The van der Waals surface area contributed by atoms with E-state index in [2.05, 4.69) is 39.8 Å². The molecular formula is C21H18N4O. The summed E-state index contributed by atoms with van der Waals surface area (Å²) in [6.45, 7) is 3.38. The number of carbonyl (C=O) groups is 1. The summed E-state index contributed by atoms with van der Waals surface area (Å²) in [5, 5.41) is 11.2. The quantitative estimate of drug-likeness (QED) is 0.603. The summed E-state index contributed by atoms with van der Waals surface area (Å²) in [5.41, 5.74) is 5.64. The summed E-state index contributed by atoms with van der Waals surface area (Å²) in [4.78, 5) is 11.6. The normalized spacial score (nSPS) is 10.8. The number of pyridine rings is 1. The highest BCUT2D eigenvalue weighted by Gasteiger charge is 2.14. The van der Waals surface area contributed by atoms with E-state index < -0.39 is 0 Å². The highest BCUT2D eigenvalue weighted by atomic mass is 16.1. The Morgan fingerprint density at radius 2 is 1.58 bits per heavy atom. The molecule has 1 N–H and O–H groups in total. The molecule has 2 heterocycles. The van der Waals surface area contributed by atoms with Gasteiger partial charge < -0.3 is 5.32 Å². The molecule has 0 saturated heterocycles. The fraction of sp³-hybridized carbons (Fsp3) is 0.0952. The van der Waals surface area contributed by atoms with Crippen LogP contribution in [0.15, 0.2) is 66.9 Å². The molecule has 26 heavy (non-hydrogen) atoms. The monoisotopic (exact) mass is 342 g/mol. The molecule has 128 valence electrons. The molecule has 0 aliphatic rings. The van der Waals surface area contributed by atoms with Gasteiger partial charge in [0.25, 0.3) is 0 Å². The van der Waals surface area contributed by atoms with Gasteiger partial charge in [-0.25, -0.2) is 0 Å². The Hall–Kier alpha value is -3.47. The van der Waals surface area contributed by atoms with Crippen molar-refractivity contribution in [1.82, 2.24) is 14.6 Å². The van der Waals surface area contributed by atoms with Crippen molar-refractivity contribution in [2.24, 2.45) is 0 Å². The number of fused-ring (bicyclic) bond motifs is 1. The lowest BCUT2D eigenvalue weighted by Crippen LogP contribution is -2.08. The van der Waals surface area contributed by atoms with Crippen molar-refractivity contribution in [2.75, 3.05) is 5.32 Å². The number of aromatic nitrogens is 3. The van der Waals surface area contributed by atoms with Crippen LogP contribution in [-0.4, -0.2) is 20.5 Å². The maximum Gasteiger partial charge on any atom is 0.221 e. The van der Waals surface area contributed by atoms with Crippen molar-refractivity contribution < 1.29 is 4.79 Å². The summed E-state index contributed by atoms with van der Waals surface area (Å²) in [6.07, 6.45) is 2.01. The molecule has 1 amide bonds. The van der Waals surface area contributed by atoms with Crippen molar-refractivity contribution >= 4 is 17.2 Å². The van der Waals surface area contributed by atoms with Gasteiger partial charge in [0.2, 0.25) is 5.91 Å². The standard InChI is InChI=1S/C21H18N4O/c1-14-23-24-21-20(22-15(2)26)12-17(13-25(14)21)19-11-7-6-10-18(19)16-8-4-3-5-9-16/h3-13H,1-2H3,(H,22,26). The molecule has 2 aromatic heterocycles. The van der Waals surface area contributed by atoms with E-state index in [1.807, 2.05) is 53.9 Å². The number of aryl methyl sites for hydroxylation is 1. The summed E-state index contributed by atoms with van der Waals surface area (Å²) in [7, 11) is 0. The molecular weight excluding hydrogens is 324 g/mol. The van der Waals surface area contributed by atoms with E-state index in [-0.39, 0.29) is 5.91 Å². The van der Waals surface area contributed by atoms with Gasteiger partial charge in [-0.05, 0) is 29.7 Å². The average molecular weight is 342 g/mol. The SMILES string of the molecule is CC(=O)Nc1cc(-c2ccccc2-c2ccccc2)cn2c(C)nnc12. The van der Waals surface area contributed by atoms with Gasteiger partial charge in [-0.1, -0.05) is 54.6 Å². The maximum absolute atomic E-state index is 11.6. The third-order valence-corrected chi connectivity index (χ3v) is 4.31. The molecule has 0 saturated carbocycles. The van der Waals surface area contributed by atoms with Crippen LogP contribution in [0.3, 0.4) is 0 Å². The van der Waals surface area contributed by atoms with Gasteiger partial charge in [-0.2, -0.15) is 0 Å². The number of benzene rings is 2. The van der Waals surface area contributed by atoms with E-state index in [9.17, 15) is 4.79 Å². The van der Waals surface area contributed by atoms with Crippen LogP contribution in [0.5, 0.6) is 0 Å². The molecule has 0 aliphatic carbocycles. The van der Waals surface area contributed by atoms with Crippen LogP contribution >= 0.6 is 0 Å². The van der Waals surface area contributed by atoms with Gasteiger partial charge in [-0.3, -0.25) is 9.20 Å². The van der Waals surface area contributed by atoms with Crippen LogP contribution in [0.25, 0.3) is 27.9 Å². The lowest BCUT2D eigenvalue weighted by molar-refractivity contribution is -0.114. The summed E-state index contributed by atoms with van der Waals surface area (Å²) < 4.78 is 1.91. The van der Waals surface area contributed by atoms with Crippen molar-refractivity contribution in [1.29, 1.82) is 0 Å². The Kier molecular flexibility index (Phi) is 3.97. The minimum Gasteiger partial charge on any atom is -0.323 e. The molecule has 5 heteroatoms. The predicted octanol–water partition coefficient (Wildman–Crippen LogP) is 4.33. The van der Waals surface area contributed by atoms with Crippen LogP contribution in [-0.2, 0) is 4.79 Å². The molecule has 0 bridgehead atoms. The van der Waals surface area contributed by atoms with Gasteiger partial charge in [0.1, 0.15) is 5.82 Å². The third-order valence-electron chi connectivity index (χ3n) is 4.31. The van der Waals surface area contributed by atoms with E-state index in [4.69, 9.17) is 0 Å². The van der Waals surface area contributed by atoms with Gasteiger partial charge >= 0.3 is 0 Å². The van der Waals surface area contributed by atoms with E-state index in [0.717, 1.165) is 28.1 Å². The van der Waals surface area contributed by atoms with Crippen LogP contribution in [0.2, 0.25) is 0 Å². The minimum absolute atomic E-state index is 0.138. The highest BCUT2D eigenvalue weighted by Crippen LogP contribution is 2.34. The molecule has 2 aromatic carbocycles. The number of nitrogens with zero attached hydrogens (tertiary/aromatic N) is 3. The molecule has 0 fully saturated rings. The van der Waals surface area contributed by atoms with Crippen LogP contribution in [0.1, 0.15) is 12.7 Å². The first-order valence-electron chi connectivity index (χ1n) is 8.41. The Bertz CT molecular complexity index is 1100. The molecule has 5 nitrogen and oxygen atoms in total. The smallest absolute Gasteiger partial charge is 0.221 e. The zero-order valence-corrected chi connectivity index (χ0v) is 14.6. The number of rotatable bonds is 3. The fourth-order valence-electron chi connectivity index (χ4n) is 3.14. The first-order chi connectivity index (χ1) is 12.6. The first kappa shape index (κ1) is 16.0. The molecule has 0 aliphatic heterocycles. The summed E-state index contributed by atoms with van der Waals surface area (Å²) >= 11 is 0. The van der Waals surface area contributed by atoms with E-state index in [1.165, 1.54) is 6.92 Å². The second-order valence-corrected chi connectivity index (χ2v) is 6.18. The van der Waals surface area contributed by atoms with Gasteiger partial charge in [0, 0.05) is 18.7 Å². The Morgan fingerprint density at radius 1 is 0.923 bits per heavy atom. The Morgan fingerprint density at radius 3 is 2.27 bits per heavy atom. The third kappa shape index (κ3) is 2.84. The van der Waals surface area contributed by atoms with Gasteiger partial charge in [0.05, 0.1) is 5.69 Å². The van der Waals surface area contributed by atoms with Crippen molar-refractivity contribution in [3.05, 3.63) is 72.7 Å². The van der Waals surface area contributed by atoms with Crippen molar-refractivity contribution in [3.8, 4) is 22.3 Å². The number of hydrogen-bond acceptors (Lipinski definition) is 3. The lowest BCUT2D eigenvalue weighted by atomic mass is 9.95. The van der Waals surface area contributed by atoms with Crippen LogP contribution in [0, 0.1) is 6.92 Å². The zero-order chi connectivity index (χ0) is 18.1. The summed E-state index contributed by atoms with van der Waals surface area (Å²) in [5.74, 6) is 0.631. The topological polar surface area (TPSA) is 59.3 Å². The number of anilines is 1. The van der Waals surface area contributed by atoms with Crippen LogP contribution in [0.4, 0.5) is 5.69 Å². The van der Waals surface area contributed by atoms with Crippen molar-refractivity contribution in [2.45, 2.75) is 13.8 Å². The highest BCUT2D eigenvalue weighted by molar-refractivity contribution is 5.95. The van der Waals surface area contributed by atoms with E-state index in [0.29, 0.717) is 11.3 Å². The maximum atomic E-state index is 11.6. The molecule has 4 aromatic rings. The second kappa shape index (κ2) is 6.44. The Labute approximate surface area is 151 Å². The molecule has 0 atom stereocenters. The van der Waals surface area contributed by atoms with E-state index >= 15 is 0 Å². The average Bonchev–Trinajstić information content (AvgIpc) is 3.03.